The van der Waals surface area contributed by atoms with Crippen molar-refractivity contribution in [3.63, 3.8) is 0 Å². The van der Waals surface area contributed by atoms with Crippen molar-refractivity contribution in [3.8, 4) is 0 Å². The molecule has 0 atom stereocenters. The first-order valence-electron chi connectivity index (χ1n) is 5.13. The molecule has 0 amide bonds. The van der Waals surface area contributed by atoms with Gasteiger partial charge >= 0.3 is 0 Å². The van der Waals surface area contributed by atoms with Gasteiger partial charge < -0.3 is 5.32 Å². The predicted molar refractivity (Wildman–Crippen MR) is 58.6 cm³/mol. The molecule has 14 heavy (non-hydrogen) atoms. The van der Waals surface area contributed by atoms with Crippen LogP contribution in [0.3, 0.4) is 0 Å². The highest BCUT2D eigenvalue weighted by Gasteiger charge is 2.02. The second-order valence-electron chi connectivity index (χ2n) is 3.29. The van der Waals surface area contributed by atoms with Gasteiger partial charge in [0, 0.05) is 18.5 Å². The van der Waals surface area contributed by atoms with Crippen molar-refractivity contribution in [1.82, 2.24) is 5.32 Å². The van der Waals surface area contributed by atoms with E-state index < -0.39 is 0 Å². The molecule has 0 saturated heterocycles. The van der Waals surface area contributed by atoms with Gasteiger partial charge in [0.25, 0.3) is 0 Å². The summed E-state index contributed by atoms with van der Waals surface area (Å²) < 4.78 is 0. The monoisotopic (exact) mass is 191 g/mol. The summed E-state index contributed by atoms with van der Waals surface area (Å²) in [6.07, 6.45) is 1.70. The molecule has 1 rings (SSSR count). The Morgan fingerprint density at radius 1 is 1.21 bits per heavy atom. The minimum atomic E-state index is 0.217. The molecule has 1 N–H and O–H groups in total. The molecule has 0 aromatic heterocycles. The lowest BCUT2D eigenvalue weighted by atomic mass is 10.1. The van der Waals surface area contributed by atoms with Crippen molar-refractivity contribution in [3.05, 3.63) is 35.9 Å². The van der Waals surface area contributed by atoms with Gasteiger partial charge in [0.05, 0.1) is 0 Å². The SMILES string of the molecule is CCCNCCC(=O)c1ccccc1. The number of ketones is 1. The summed E-state index contributed by atoms with van der Waals surface area (Å²) in [6.45, 7) is 3.88. The largest absolute Gasteiger partial charge is 0.316 e. The summed E-state index contributed by atoms with van der Waals surface area (Å²) in [5.74, 6) is 0.217. The summed E-state index contributed by atoms with van der Waals surface area (Å²) in [4.78, 5) is 11.6. The maximum absolute atomic E-state index is 11.6. The van der Waals surface area contributed by atoms with Crippen molar-refractivity contribution in [2.24, 2.45) is 0 Å². The Bertz CT molecular complexity index is 269. The first-order valence-corrected chi connectivity index (χ1v) is 5.13. The molecule has 0 bridgehead atoms. The smallest absolute Gasteiger partial charge is 0.164 e. The first kappa shape index (κ1) is 10.9. The highest BCUT2D eigenvalue weighted by atomic mass is 16.1. The van der Waals surface area contributed by atoms with E-state index in [1.807, 2.05) is 30.3 Å². The Labute approximate surface area is 85.3 Å². The fourth-order valence-corrected chi connectivity index (χ4v) is 1.27. The Balaban J connectivity index is 2.29. The number of hydrogen-bond donors (Lipinski definition) is 1. The van der Waals surface area contributed by atoms with Gasteiger partial charge in [-0.05, 0) is 13.0 Å². The van der Waals surface area contributed by atoms with Crippen LogP contribution in [0.25, 0.3) is 0 Å². The molecular weight excluding hydrogens is 174 g/mol. The van der Waals surface area contributed by atoms with Crippen LogP contribution in [0.15, 0.2) is 30.3 Å². The lowest BCUT2D eigenvalue weighted by Gasteiger charge is -2.02. The zero-order chi connectivity index (χ0) is 10.2. The highest BCUT2D eigenvalue weighted by Crippen LogP contribution is 2.01. The predicted octanol–water partition coefficient (Wildman–Crippen LogP) is 2.26. The minimum absolute atomic E-state index is 0.217. The molecule has 76 valence electrons. The fourth-order valence-electron chi connectivity index (χ4n) is 1.27. The van der Waals surface area contributed by atoms with Crippen LogP contribution in [0.5, 0.6) is 0 Å². The summed E-state index contributed by atoms with van der Waals surface area (Å²) in [7, 11) is 0. The zero-order valence-electron chi connectivity index (χ0n) is 8.62. The standard InChI is InChI=1S/C12H17NO/c1-2-9-13-10-8-12(14)11-6-4-3-5-7-11/h3-7,13H,2,8-10H2,1H3. The van der Waals surface area contributed by atoms with E-state index >= 15 is 0 Å². The van der Waals surface area contributed by atoms with Crippen LogP contribution in [0, 0.1) is 0 Å². The molecule has 0 unspecified atom stereocenters. The van der Waals surface area contributed by atoms with Gasteiger partial charge in [0.2, 0.25) is 0 Å². The fraction of sp³-hybridized carbons (Fsp3) is 0.417. The Kier molecular flexibility index (Phi) is 4.94. The minimum Gasteiger partial charge on any atom is -0.316 e. The molecule has 2 nitrogen and oxygen atoms in total. The molecule has 1 aromatic carbocycles. The van der Waals surface area contributed by atoms with Crippen LogP contribution in [0.2, 0.25) is 0 Å². The van der Waals surface area contributed by atoms with Gasteiger partial charge in [-0.25, -0.2) is 0 Å². The number of carbonyl (C=O) groups excluding carboxylic acids is 1. The molecule has 0 aliphatic heterocycles. The van der Waals surface area contributed by atoms with Gasteiger partial charge in [-0.15, -0.1) is 0 Å². The van der Waals surface area contributed by atoms with Crippen LogP contribution >= 0.6 is 0 Å². The molecule has 1 aromatic rings. The molecular formula is C12H17NO. The van der Waals surface area contributed by atoms with Crippen LogP contribution in [-0.4, -0.2) is 18.9 Å². The third kappa shape index (κ3) is 3.71. The van der Waals surface area contributed by atoms with Gasteiger partial charge in [0.15, 0.2) is 5.78 Å². The van der Waals surface area contributed by atoms with Crippen molar-refractivity contribution >= 4 is 5.78 Å². The molecule has 0 aliphatic carbocycles. The van der Waals surface area contributed by atoms with Crippen LogP contribution in [0.1, 0.15) is 30.1 Å². The van der Waals surface area contributed by atoms with E-state index in [1.54, 1.807) is 0 Å². The maximum Gasteiger partial charge on any atom is 0.164 e. The van der Waals surface area contributed by atoms with E-state index in [9.17, 15) is 4.79 Å². The van der Waals surface area contributed by atoms with Gasteiger partial charge in [-0.1, -0.05) is 37.3 Å². The molecule has 0 saturated carbocycles. The van der Waals surface area contributed by atoms with E-state index in [0.29, 0.717) is 6.42 Å². The third-order valence-corrected chi connectivity index (χ3v) is 2.05. The van der Waals surface area contributed by atoms with E-state index in [-0.39, 0.29) is 5.78 Å². The molecule has 0 heterocycles. The molecule has 0 spiro atoms. The van der Waals surface area contributed by atoms with Crippen molar-refractivity contribution in [1.29, 1.82) is 0 Å². The van der Waals surface area contributed by atoms with E-state index in [1.165, 1.54) is 0 Å². The second-order valence-corrected chi connectivity index (χ2v) is 3.29. The summed E-state index contributed by atoms with van der Waals surface area (Å²) in [5, 5.41) is 3.21. The maximum atomic E-state index is 11.6. The van der Waals surface area contributed by atoms with Crippen molar-refractivity contribution in [2.75, 3.05) is 13.1 Å². The van der Waals surface area contributed by atoms with Crippen molar-refractivity contribution in [2.45, 2.75) is 19.8 Å². The number of hydrogen-bond acceptors (Lipinski definition) is 2. The molecule has 0 aliphatic rings. The number of carbonyl (C=O) groups is 1. The topological polar surface area (TPSA) is 29.1 Å². The van der Waals surface area contributed by atoms with Gasteiger partial charge in [-0.2, -0.15) is 0 Å². The number of benzene rings is 1. The number of Topliss-reactive ketones (excluding diaryl/α,β-unsaturated/α-hetero) is 1. The normalized spacial score (nSPS) is 10.1. The third-order valence-electron chi connectivity index (χ3n) is 2.05. The lowest BCUT2D eigenvalue weighted by molar-refractivity contribution is 0.0982. The average molecular weight is 191 g/mol. The molecule has 0 radical (unpaired) electrons. The Hall–Kier alpha value is -1.15. The van der Waals surface area contributed by atoms with Crippen LogP contribution < -0.4 is 5.32 Å². The molecule has 0 fully saturated rings. The second kappa shape index (κ2) is 6.33. The van der Waals surface area contributed by atoms with Gasteiger partial charge in [0.1, 0.15) is 0 Å². The Morgan fingerprint density at radius 3 is 2.57 bits per heavy atom. The Morgan fingerprint density at radius 2 is 1.93 bits per heavy atom. The zero-order valence-corrected chi connectivity index (χ0v) is 8.62. The highest BCUT2D eigenvalue weighted by molar-refractivity contribution is 5.96. The quantitative estimate of drug-likeness (QED) is 0.552. The number of rotatable bonds is 6. The summed E-state index contributed by atoms with van der Waals surface area (Å²) >= 11 is 0. The first-order chi connectivity index (χ1) is 6.84. The molecule has 2 heteroatoms. The lowest BCUT2D eigenvalue weighted by Crippen LogP contribution is -2.18. The van der Waals surface area contributed by atoms with Gasteiger partial charge in [-0.3, -0.25) is 4.79 Å². The van der Waals surface area contributed by atoms with E-state index in [4.69, 9.17) is 0 Å². The summed E-state index contributed by atoms with van der Waals surface area (Å²) in [5.41, 5.74) is 0.811. The van der Waals surface area contributed by atoms with Crippen LogP contribution in [0.4, 0.5) is 0 Å². The number of nitrogens with one attached hydrogen (secondary N) is 1. The van der Waals surface area contributed by atoms with E-state index in [2.05, 4.69) is 12.2 Å². The van der Waals surface area contributed by atoms with Crippen LogP contribution in [-0.2, 0) is 0 Å². The summed E-state index contributed by atoms with van der Waals surface area (Å²) in [6, 6.07) is 9.44. The average Bonchev–Trinajstić information content (AvgIpc) is 2.25. The van der Waals surface area contributed by atoms with Crippen molar-refractivity contribution < 1.29 is 4.79 Å². The van der Waals surface area contributed by atoms with E-state index in [0.717, 1.165) is 25.1 Å².